The molecular weight excluding hydrogens is 264 g/mol. The van der Waals surface area contributed by atoms with E-state index in [-0.39, 0.29) is 5.92 Å². The van der Waals surface area contributed by atoms with Gasteiger partial charge >= 0.3 is 0 Å². The molecule has 0 aliphatic carbocycles. The van der Waals surface area contributed by atoms with Gasteiger partial charge in [0.25, 0.3) is 0 Å². The van der Waals surface area contributed by atoms with Crippen LogP contribution in [-0.4, -0.2) is 18.3 Å². The SMILES string of the molecule is CCOc1ccccc1C(O)C1CCOc2ccccc21. The predicted molar refractivity (Wildman–Crippen MR) is 81.9 cm³/mol. The van der Waals surface area contributed by atoms with Crippen molar-refractivity contribution in [1.82, 2.24) is 0 Å². The summed E-state index contributed by atoms with van der Waals surface area (Å²) in [6.07, 6.45) is 0.219. The van der Waals surface area contributed by atoms with Crippen molar-refractivity contribution in [2.45, 2.75) is 25.4 Å². The summed E-state index contributed by atoms with van der Waals surface area (Å²) in [7, 11) is 0. The van der Waals surface area contributed by atoms with Crippen LogP contribution in [0.3, 0.4) is 0 Å². The molecule has 1 aliphatic heterocycles. The number of hydrogen-bond donors (Lipinski definition) is 1. The van der Waals surface area contributed by atoms with E-state index in [1.807, 2.05) is 55.5 Å². The van der Waals surface area contributed by atoms with E-state index in [0.717, 1.165) is 29.0 Å². The third-order valence-corrected chi connectivity index (χ3v) is 3.92. The lowest BCUT2D eigenvalue weighted by molar-refractivity contribution is 0.114. The molecule has 3 nitrogen and oxygen atoms in total. The molecule has 2 unspecified atom stereocenters. The molecule has 0 saturated carbocycles. The van der Waals surface area contributed by atoms with Gasteiger partial charge in [-0.1, -0.05) is 36.4 Å². The first kappa shape index (κ1) is 14.0. The van der Waals surface area contributed by atoms with Crippen molar-refractivity contribution in [3.8, 4) is 11.5 Å². The molecule has 21 heavy (non-hydrogen) atoms. The standard InChI is InChI=1S/C18H20O3/c1-2-20-17-10-6-4-8-15(17)18(19)14-11-12-21-16-9-5-3-7-13(14)16/h3-10,14,18-19H,2,11-12H2,1H3. The van der Waals surface area contributed by atoms with Gasteiger partial charge in [-0.25, -0.2) is 0 Å². The Hall–Kier alpha value is -2.00. The first-order chi connectivity index (χ1) is 10.3. The monoisotopic (exact) mass is 284 g/mol. The molecule has 0 bridgehead atoms. The molecule has 2 aromatic carbocycles. The fourth-order valence-electron chi connectivity index (χ4n) is 2.93. The van der Waals surface area contributed by atoms with Gasteiger partial charge in [-0.3, -0.25) is 0 Å². The highest BCUT2D eigenvalue weighted by molar-refractivity contribution is 5.42. The van der Waals surface area contributed by atoms with E-state index < -0.39 is 6.10 Å². The first-order valence-corrected chi connectivity index (χ1v) is 7.42. The molecule has 3 rings (SSSR count). The van der Waals surface area contributed by atoms with Gasteiger partial charge in [0.1, 0.15) is 11.5 Å². The van der Waals surface area contributed by atoms with Gasteiger partial charge in [0.05, 0.1) is 19.3 Å². The van der Waals surface area contributed by atoms with Gasteiger partial charge in [0, 0.05) is 17.0 Å². The van der Waals surface area contributed by atoms with Crippen molar-refractivity contribution < 1.29 is 14.6 Å². The zero-order valence-corrected chi connectivity index (χ0v) is 12.2. The average molecular weight is 284 g/mol. The summed E-state index contributed by atoms with van der Waals surface area (Å²) in [5.41, 5.74) is 1.92. The normalized spacial score (nSPS) is 18.5. The molecule has 0 fully saturated rings. The van der Waals surface area contributed by atoms with Crippen LogP contribution < -0.4 is 9.47 Å². The highest BCUT2D eigenvalue weighted by atomic mass is 16.5. The molecule has 1 N–H and O–H groups in total. The molecule has 0 radical (unpaired) electrons. The maximum atomic E-state index is 10.9. The van der Waals surface area contributed by atoms with Crippen LogP contribution in [0.1, 0.15) is 36.5 Å². The van der Waals surface area contributed by atoms with Crippen molar-refractivity contribution in [3.05, 3.63) is 59.7 Å². The summed E-state index contributed by atoms with van der Waals surface area (Å²) >= 11 is 0. The molecule has 0 spiro atoms. The fourth-order valence-corrected chi connectivity index (χ4v) is 2.93. The van der Waals surface area contributed by atoms with Crippen LogP contribution in [0.15, 0.2) is 48.5 Å². The Morgan fingerprint density at radius 2 is 1.95 bits per heavy atom. The van der Waals surface area contributed by atoms with E-state index in [0.29, 0.717) is 13.2 Å². The Kier molecular flexibility index (Phi) is 4.11. The third kappa shape index (κ3) is 2.74. The fraction of sp³-hybridized carbons (Fsp3) is 0.333. The van der Waals surface area contributed by atoms with E-state index >= 15 is 0 Å². The second-order valence-electron chi connectivity index (χ2n) is 5.20. The minimum atomic E-state index is -0.585. The zero-order valence-electron chi connectivity index (χ0n) is 12.2. The third-order valence-electron chi connectivity index (χ3n) is 3.92. The van der Waals surface area contributed by atoms with Crippen LogP contribution in [0.2, 0.25) is 0 Å². The Morgan fingerprint density at radius 1 is 1.19 bits per heavy atom. The molecule has 110 valence electrons. The maximum Gasteiger partial charge on any atom is 0.125 e. The van der Waals surface area contributed by atoms with E-state index in [2.05, 4.69) is 0 Å². The maximum absolute atomic E-state index is 10.9. The van der Waals surface area contributed by atoms with Crippen molar-refractivity contribution >= 4 is 0 Å². The Labute approximate surface area is 125 Å². The van der Waals surface area contributed by atoms with Gasteiger partial charge in [-0.05, 0) is 25.5 Å². The molecule has 2 aromatic rings. The number of fused-ring (bicyclic) bond motifs is 1. The summed E-state index contributed by atoms with van der Waals surface area (Å²) in [4.78, 5) is 0. The average Bonchev–Trinajstić information content (AvgIpc) is 2.54. The van der Waals surface area contributed by atoms with E-state index in [9.17, 15) is 5.11 Å². The number of hydrogen-bond acceptors (Lipinski definition) is 3. The number of benzene rings is 2. The minimum absolute atomic E-state index is 0.0385. The number of ether oxygens (including phenoxy) is 2. The lowest BCUT2D eigenvalue weighted by atomic mass is 9.85. The topological polar surface area (TPSA) is 38.7 Å². The van der Waals surface area contributed by atoms with Crippen molar-refractivity contribution in [2.75, 3.05) is 13.2 Å². The summed E-state index contributed by atoms with van der Waals surface area (Å²) in [5.74, 6) is 1.68. The highest BCUT2D eigenvalue weighted by Crippen LogP contribution is 2.43. The van der Waals surface area contributed by atoms with Crippen LogP contribution in [-0.2, 0) is 0 Å². The first-order valence-electron chi connectivity index (χ1n) is 7.42. The van der Waals surface area contributed by atoms with Gasteiger partial charge < -0.3 is 14.6 Å². The van der Waals surface area contributed by atoms with Gasteiger partial charge in [0.2, 0.25) is 0 Å². The molecule has 3 heteroatoms. The summed E-state index contributed by atoms with van der Waals surface area (Å²) in [5, 5.41) is 10.9. The van der Waals surface area contributed by atoms with Crippen LogP contribution in [0.4, 0.5) is 0 Å². The van der Waals surface area contributed by atoms with Crippen molar-refractivity contribution in [2.24, 2.45) is 0 Å². The smallest absolute Gasteiger partial charge is 0.125 e. The quantitative estimate of drug-likeness (QED) is 0.930. The van der Waals surface area contributed by atoms with Gasteiger partial charge in [-0.2, -0.15) is 0 Å². The Bertz CT molecular complexity index is 609. The highest BCUT2D eigenvalue weighted by Gasteiger charge is 2.30. The van der Waals surface area contributed by atoms with E-state index in [1.165, 1.54) is 0 Å². The van der Waals surface area contributed by atoms with Crippen LogP contribution in [0.5, 0.6) is 11.5 Å². The molecule has 0 amide bonds. The van der Waals surface area contributed by atoms with Crippen LogP contribution >= 0.6 is 0 Å². The lowest BCUT2D eigenvalue weighted by Crippen LogP contribution is -2.20. The lowest BCUT2D eigenvalue weighted by Gasteiger charge is -2.30. The minimum Gasteiger partial charge on any atom is -0.493 e. The van der Waals surface area contributed by atoms with Gasteiger partial charge in [-0.15, -0.1) is 0 Å². The second kappa shape index (κ2) is 6.19. The molecule has 1 aliphatic rings. The second-order valence-corrected chi connectivity index (χ2v) is 5.20. The molecule has 0 saturated heterocycles. The van der Waals surface area contributed by atoms with Crippen molar-refractivity contribution in [3.63, 3.8) is 0 Å². The molecular formula is C18H20O3. The number of aliphatic hydroxyl groups excluding tert-OH is 1. The Balaban J connectivity index is 1.95. The largest absolute Gasteiger partial charge is 0.493 e. The van der Waals surface area contributed by atoms with E-state index in [1.54, 1.807) is 0 Å². The Morgan fingerprint density at radius 3 is 2.81 bits per heavy atom. The predicted octanol–water partition coefficient (Wildman–Crippen LogP) is 3.69. The molecule has 2 atom stereocenters. The molecule has 1 heterocycles. The number of para-hydroxylation sites is 2. The number of rotatable bonds is 4. The van der Waals surface area contributed by atoms with Crippen LogP contribution in [0, 0.1) is 0 Å². The molecule has 0 aromatic heterocycles. The summed E-state index contributed by atoms with van der Waals surface area (Å²) in [6, 6.07) is 15.7. The van der Waals surface area contributed by atoms with Crippen LogP contribution in [0.25, 0.3) is 0 Å². The zero-order chi connectivity index (χ0) is 14.7. The summed E-state index contributed by atoms with van der Waals surface area (Å²) in [6.45, 7) is 3.18. The van der Waals surface area contributed by atoms with E-state index in [4.69, 9.17) is 9.47 Å². The number of aliphatic hydroxyl groups is 1. The van der Waals surface area contributed by atoms with Gasteiger partial charge in [0.15, 0.2) is 0 Å². The summed E-state index contributed by atoms with van der Waals surface area (Å²) < 4.78 is 11.3. The van der Waals surface area contributed by atoms with Crippen molar-refractivity contribution in [1.29, 1.82) is 0 Å².